The van der Waals surface area contributed by atoms with Crippen molar-refractivity contribution in [2.24, 2.45) is 7.05 Å². The van der Waals surface area contributed by atoms with Gasteiger partial charge in [-0.15, -0.1) is 0 Å². The third-order valence-electron chi connectivity index (χ3n) is 3.80. The summed E-state index contributed by atoms with van der Waals surface area (Å²) < 4.78 is 1.93. The Labute approximate surface area is 94.7 Å². The van der Waals surface area contributed by atoms with E-state index in [1.54, 1.807) is 0 Å². The molecule has 0 aliphatic heterocycles. The maximum Gasteiger partial charge on any atom is 0.0926 e. The highest BCUT2D eigenvalue weighted by Crippen LogP contribution is 2.52. The van der Waals surface area contributed by atoms with Crippen molar-refractivity contribution in [2.45, 2.75) is 31.3 Å². The summed E-state index contributed by atoms with van der Waals surface area (Å²) in [4.78, 5) is 0. The van der Waals surface area contributed by atoms with Crippen LogP contribution in [-0.2, 0) is 12.5 Å². The molecule has 1 unspecified atom stereocenters. The zero-order chi connectivity index (χ0) is 11.3. The van der Waals surface area contributed by atoms with Gasteiger partial charge >= 0.3 is 0 Å². The van der Waals surface area contributed by atoms with Crippen molar-refractivity contribution in [3.8, 4) is 0 Å². The quantitative estimate of drug-likeness (QED) is 0.833. The number of aryl methyl sites for hydroxylation is 1. The first kappa shape index (κ1) is 9.85. The summed E-state index contributed by atoms with van der Waals surface area (Å²) in [7, 11) is 1.97. The molecule has 0 bridgehead atoms. The molecule has 0 spiro atoms. The maximum absolute atomic E-state index is 9.96. The predicted molar refractivity (Wildman–Crippen MR) is 63.3 cm³/mol. The van der Waals surface area contributed by atoms with E-state index in [1.807, 2.05) is 36.9 Å². The van der Waals surface area contributed by atoms with Crippen LogP contribution in [0, 0.1) is 0 Å². The molecule has 1 N–H and O–H groups in total. The van der Waals surface area contributed by atoms with Crippen LogP contribution in [0.1, 0.15) is 25.5 Å². The largest absolute Gasteiger partial charge is 0.392 e. The first-order valence-electron chi connectivity index (χ1n) is 5.75. The molecule has 1 aliphatic rings. The number of aromatic nitrogens is 2. The van der Waals surface area contributed by atoms with Gasteiger partial charge in [0.1, 0.15) is 0 Å². The summed E-state index contributed by atoms with van der Waals surface area (Å²) in [6.07, 6.45) is 1.83. The standard InChI is InChI=1S/C13H16N2O/c1-9(16)13(7-8-13)12-10-5-3-4-6-11(10)14-15(12)2/h3-6,9,16H,7-8H2,1-2H3. The zero-order valence-corrected chi connectivity index (χ0v) is 9.64. The van der Waals surface area contributed by atoms with E-state index in [0.717, 1.165) is 18.4 Å². The monoisotopic (exact) mass is 216 g/mol. The molecule has 3 nitrogen and oxygen atoms in total. The average molecular weight is 216 g/mol. The van der Waals surface area contributed by atoms with Gasteiger partial charge in [0, 0.05) is 17.8 Å². The van der Waals surface area contributed by atoms with Crippen molar-refractivity contribution < 1.29 is 5.11 Å². The van der Waals surface area contributed by atoms with E-state index in [4.69, 9.17) is 0 Å². The molecule has 1 saturated carbocycles. The van der Waals surface area contributed by atoms with E-state index in [1.165, 1.54) is 11.1 Å². The van der Waals surface area contributed by atoms with E-state index in [9.17, 15) is 5.11 Å². The molecule has 1 aromatic carbocycles. The number of hydrogen-bond donors (Lipinski definition) is 1. The summed E-state index contributed by atoms with van der Waals surface area (Å²) in [5.74, 6) is 0. The van der Waals surface area contributed by atoms with Gasteiger partial charge in [0.2, 0.25) is 0 Å². The number of benzene rings is 1. The molecule has 0 saturated heterocycles. The van der Waals surface area contributed by atoms with Crippen LogP contribution in [0.2, 0.25) is 0 Å². The SMILES string of the molecule is CC(O)C1(c2c3ccccc3nn2C)CC1. The van der Waals surface area contributed by atoms with Gasteiger partial charge in [0.15, 0.2) is 0 Å². The van der Waals surface area contributed by atoms with Crippen LogP contribution in [0.5, 0.6) is 0 Å². The number of nitrogens with zero attached hydrogens (tertiary/aromatic N) is 2. The molecule has 0 amide bonds. The van der Waals surface area contributed by atoms with Crippen LogP contribution >= 0.6 is 0 Å². The second-order valence-electron chi connectivity index (χ2n) is 4.82. The fraction of sp³-hybridized carbons (Fsp3) is 0.462. The second kappa shape index (κ2) is 3.08. The lowest BCUT2D eigenvalue weighted by atomic mass is 9.93. The molecule has 3 heteroatoms. The minimum Gasteiger partial charge on any atom is -0.392 e. The Morgan fingerprint density at radius 2 is 2.06 bits per heavy atom. The summed E-state index contributed by atoms with van der Waals surface area (Å²) in [5, 5.41) is 15.6. The predicted octanol–water partition coefficient (Wildman–Crippen LogP) is 1.99. The summed E-state index contributed by atoms with van der Waals surface area (Å²) >= 11 is 0. The Balaban J connectivity index is 2.27. The second-order valence-corrected chi connectivity index (χ2v) is 4.82. The Morgan fingerprint density at radius 3 is 2.69 bits per heavy atom. The topological polar surface area (TPSA) is 38.1 Å². The highest BCUT2D eigenvalue weighted by Gasteiger charge is 2.51. The van der Waals surface area contributed by atoms with E-state index >= 15 is 0 Å². The molecule has 1 aromatic heterocycles. The molecule has 16 heavy (non-hydrogen) atoms. The zero-order valence-electron chi connectivity index (χ0n) is 9.64. The first-order valence-corrected chi connectivity index (χ1v) is 5.75. The fourth-order valence-corrected chi connectivity index (χ4v) is 2.72. The van der Waals surface area contributed by atoms with Crippen molar-refractivity contribution >= 4 is 10.9 Å². The molecular formula is C13H16N2O. The Hall–Kier alpha value is -1.35. The third-order valence-corrected chi connectivity index (χ3v) is 3.80. The van der Waals surface area contributed by atoms with Crippen LogP contribution < -0.4 is 0 Å². The van der Waals surface area contributed by atoms with E-state index in [0.29, 0.717) is 0 Å². The number of rotatable bonds is 2. The lowest BCUT2D eigenvalue weighted by molar-refractivity contribution is 0.147. The van der Waals surface area contributed by atoms with E-state index < -0.39 is 0 Å². The highest BCUT2D eigenvalue weighted by molar-refractivity contribution is 5.83. The van der Waals surface area contributed by atoms with Gasteiger partial charge in [-0.2, -0.15) is 5.10 Å². The maximum atomic E-state index is 9.96. The number of hydrogen-bond acceptors (Lipinski definition) is 2. The van der Waals surface area contributed by atoms with Crippen molar-refractivity contribution in [2.75, 3.05) is 0 Å². The van der Waals surface area contributed by atoms with Crippen molar-refractivity contribution in [1.29, 1.82) is 0 Å². The van der Waals surface area contributed by atoms with E-state index in [2.05, 4.69) is 11.2 Å². The molecule has 2 aromatic rings. The van der Waals surface area contributed by atoms with Gasteiger partial charge in [-0.3, -0.25) is 4.68 Å². The summed E-state index contributed by atoms with van der Waals surface area (Å²) in [5.41, 5.74) is 2.16. The minimum absolute atomic E-state index is 0.0507. The Kier molecular flexibility index (Phi) is 1.89. The first-order chi connectivity index (χ1) is 7.65. The Bertz CT molecular complexity index is 538. The molecule has 1 heterocycles. The van der Waals surface area contributed by atoms with Crippen molar-refractivity contribution in [1.82, 2.24) is 9.78 Å². The van der Waals surface area contributed by atoms with Gasteiger partial charge in [-0.25, -0.2) is 0 Å². The molecule has 1 atom stereocenters. The molecule has 0 radical (unpaired) electrons. The molecule has 84 valence electrons. The minimum atomic E-state index is -0.300. The van der Waals surface area contributed by atoms with Crippen LogP contribution in [-0.4, -0.2) is 21.0 Å². The normalized spacial score (nSPS) is 19.9. The smallest absolute Gasteiger partial charge is 0.0926 e. The summed E-state index contributed by atoms with van der Waals surface area (Å²) in [6, 6.07) is 8.16. The lowest BCUT2D eigenvalue weighted by Gasteiger charge is -2.19. The fourth-order valence-electron chi connectivity index (χ4n) is 2.72. The highest BCUT2D eigenvalue weighted by atomic mass is 16.3. The van der Waals surface area contributed by atoms with E-state index in [-0.39, 0.29) is 11.5 Å². The van der Waals surface area contributed by atoms with Crippen LogP contribution in [0.15, 0.2) is 24.3 Å². The molecule has 1 aliphatic carbocycles. The van der Waals surface area contributed by atoms with Gasteiger partial charge in [-0.1, -0.05) is 18.2 Å². The van der Waals surface area contributed by atoms with Crippen LogP contribution in [0.3, 0.4) is 0 Å². The number of aliphatic hydroxyl groups is 1. The van der Waals surface area contributed by atoms with Gasteiger partial charge in [0.25, 0.3) is 0 Å². The third kappa shape index (κ3) is 1.15. The average Bonchev–Trinajstić information content (AvgIpc) is 2.97. The Morgan fingerprint density at radius 1 is 1.38 bits per heavy atom. The van der Waals surface area contributed by atoms with Crippen LogP contribution in [0.4, 0.5) is 0 Å². The van der Waals surface area contributed by atoms with Crippen molar-refractivity contribution in [3.05, 3.63) is 30.0 Å². The number of fused-ring (bicyclic) bond motifs is 1. The summed E-state index contributed by atoms with van der Waals surface area (Å²) in [6.45, 7) is 1.88. The van der Waals surface area contributed by atoms with Crippen molar-refractivity contribution in [3.63, 3.8) is 0 Å². The lowest BCUT2D eigenvalue weighted by Crippen LogP contribution is -2.25. The van der Waals surface area contributed by atoms with Gasteiger partial charge < -0.3 is 5.11 Å². The van der Waals surface area contributed by atoms with Crippen LogP contribution in [0.25, 0.3) is 10.9 Å². The number of aliphatic hydroxyl groups excluding tert-OH is 1. The van der Waals surface area contributed by atoms with Gasteiger partial charge in [-0.05, 0) is 25.8 Å². The molecule has 3 rings (SSSR count). The molecular weight excluding hydrogens is 200 g/mol. The molecule has 1 fully saturated rings. The van der Waals surface area contributed by atoms with Gasteiger partial charge in [0.05, 0.1) is 17.3 Å².